The molecule has 0 spiro atoms. The van der Waals surface area contributed by atoms with Crippen molar-refractivity contribution in [1.82, 2.24) is 4.57 Å². The Labute approximate surface area is 110 Å². The van der Waals surface area contributed by atoms with Crippen LogP contribution in [0.2, 0.25) is 0 Å². The molecule has 1 aromatic carbocycles. The van der Waals surface area contributed by atoms with E-state index >= 15 is 0 Å². The Morgan fingerprint density at radius 1 is 1.26 bits per heavy atom. The Morgan fingerprint density at radius 2 is 2.00 bits per heavy atom. The summed E-state index contributed by atoms with van der Waals surface area (Å²) < 4.78 is 40.3. The van der Waals surface area contributed by atoms with Crippen molar-refractivity contribution < 1.29 is 13.2 Å². The molecule has 2 nitrogen and oxygen atoms in total. The van der Waals surface area contributed by atoms with Gasteiger partial charge in [-0.1, -0.05) is 0 Å². The third-order valence-corrected chi connectivity index (χ3v) is 3.28. The van der Waals surface area contributed by atoms with Crippen molar-refractivity contribution >= 4 is 10.9 Å². The average Bonchev–Trinajstić information content (AvgIpc) is 2.72. The van der Waals surface area contributed by atoms with Crippen LogP contribution in [0.4, 0.5) is 13.2 Å². The van der Waals surface area contributed by atoms with Crippen LogP contribution < -0.4 is 5.73 Å². The minimum Gasteiger partial charge on any atom is -0.347 e. The maximum Gasteiger partial charge on any atom is 0.416 e. The van der Waals surface area contributed by atoms with E-state index in [0.717, 1.165) is 30.1 Å². The minimum absolute atomic E-state index is 0.539. The summed E-state index contributed by atoms with van der Waals surface area (Å²) in [7, 11) is 0. The summed E-state index contributed by atoms with van der Waals surface area (Å²) >= 11 is 0. The zero-order valence-corrected chi connectivity index (χ0v) is 10.8. The molecule has 5 heteroatoms. The predicted octanol–water partition coefficient (Wildman–Crippen LogP) is 3.57. The molecule has 0 saturated carbocycles. The lowest BCUT2D eigenvalue weighted by atomic mass is 10.1. The predicted molar refractivity (Wildman–Crippen MR) is 70.0 cm³/mol. The molecular formula is C14H17F3N2. The molecule has 1 aromatic heterocycles. The number of aryl methyl sites for hydroxylation is 2. The number of rotatable bonds is 4. The molecule has 0 aliphatic carbocycles. The van der Waals surface area contributed by atoms with E-state index < -0.39 is 11.7 Å². The molecule has 0 aliphatic rings. The Hall–Kier alpha value is -1.49. The number of fused-ring (bicyclic) bond motifs is 1. The Kier molecular flexibility index (Phi) is 3.85. The highest BCUT2D eigenvalue weighted by Gasteiger charge is 2.30. The van der Waals surface area contributed by atoms with Crippen LogP contribution in [0, 0.1) is 0 Å². The van der Waals surface area contributed by atoms with Gasteiger partial charge in [0, 0.05) is 23.6 Å². The van der Waals surface area contributed by atoms with Gasteiger partial charge in [0.2, 0.25) is 0 Å². The van der Waals surface area contributed by atoms with E-state index in [1.807, 2.05) is 17.7 Å². The topological polar surface area (TPSA) is 30.9 Å². The molecule has 2 N–H and O–H groups in total. The van der Waals surface area contributed by atoms with E-state index in [-0.39, 0.29) is 0 Å². The zero-order chi connectivity index (χ0) is 14.0. The smallest absolute Gasteiger partial charge is 0.347 e. The quantitative estimate of drug-likeness (QED) is 0.904. The van der Waals surface area contributed by atoms with Crippen molar-refractivity contribution in [1.29, 1.82) is 0 Å². The minimum atomic E-state index is -4.30. The lowest BCUT2D eigenvalue weighted by Gasteiger charge is -2.07. The standard InChI is InChI=1S/C14H17F3N2/c1-2-19-9-10(4-3-7-18)12-8-11(14(15,16)17)5-6-13(12)19/h5-6,8-9H,2-4,7,18H2,1H3. The molecule has 0 bridgehead atoms. The number of benzene rings is 1. The van der Waals surface area contributed by atoms with Gasteiger partial charge in [-0.3, -0.25) is 0 Å². The first kappa shape index (κ1) is 13.9. The monoisotopic (exact) mass is 270 g/mol. The lowest BCUT2D eigenvalue weighted by molar-refractivity contribution is -0.137. The van der Waals surface area contributed by atoms with Gasteiger partial charge in [-0.05, 0) is 50.1 Å². The van der Waals surface area contributed by atoms with Crippen molar-refractivity contribution in [2.75, 3.05) is 6.54 Å². The molecule has 0 aliphatic heterocycles. The number of alkyl halides is 3. The van der Waals surface area contributed by atoms with Gasteiger partial charge < -0.3 is 10.3 Å². The summed E-state index contributed by atoms with van der Waals surface area (Å²) in [6.45, 7) is 3.26. The van der Waals surface area contributed by atoms with Crippen LogP contribution in [0.25, 0.3) is 10.9 Å². The Morgan fingerprint density at radius 3 is 2.58 bits per heavy atom. The highest BCUT2D eigenvalue weighted by atomic mass is 19.4. The van der Waals surface area contributed by atoms with Crippen LogP contribution >= 0.6 is 0 Å². The molecule has 0 fully saturated rings. The maximum atomic E-state index is 12.8. The number of aromatic nitrogens is 1. The van der Waals surface area contributed by atoms with Gasteiger partial charge in [0.25, 0.3) is 0 Å². The van der Waals surface area contributed by atoms with Crippen molar-refractivity contribution in [2.45, 2.75) is 32.5 Å². The summed E-state index contributed by atoms with van der Waals surface area (Å²) in [5.41, 5.74) is 6.67. The van der Waals surface area contributed by atoms with Crippen molar-refractivity contribution in [2.24, 2.45) is 5.73 Å². The fourth-order valence-electron chi connectivity index (χ4n) is 2.30. The average molecular weight is 270 g/mol. The van der Waals surface area contributed by atoms with Crippen LogP contribution in [0.15, 0.2) is 24.4 Å². The highest BCUT2D eigenvalue weighted by molar-refractivity contribution is 5.85. The van der Waals surface area contributed by atoms with E-state index in [1.165, 1.54) is 6.07 Å². The van der Waals surface area contributed by atoms with Crippen LogP contribution in [0.3, 0.4) is 0 Å². The van der Waals surface area contributed by atoms with Crippen LogP contribution in [0.1, 0.15) is 24.5 Å². The largest absolute Gasteiger partial charge is 0.416 e. The summed E-state index contributed by atoms with van der Waals surface area (Å²) in [6, 6.07) is 3.93. The van der Waals surface area contributed by atoms with Crippen LogP contribution in [0.5, 0.6) is 0 Å². The second-order valence-electron chi connectivity index (χ2n) is 4.56. The molecule has 104 valence electrons. The molecule has 0 radical (unpaired) electrons. The van der Waals surface area contributed by atoms with E-state index in [0.29, 0.717) is 18.4 Å². The SMILES string of the molecule is CCn1cc(CCCN)c2cc(C(F)(F)F)ccc21. The first-order valence-corrected chi connectivity index (χ1v) is 6.36. The van der Waals surface area contributed by atoms with Gasteiger partial charge in [-0.2, -0.15) is 13.2 Å². The van der Waals surface area contributed by atoms with Crippen LogP contribution in [-0.4, -0.2) is 11.1 Å². The molecule has 2 rings (SSSR count). The van der Waals surface area contributed by atoms with Gasteiger partial charge in [-0.25, -0.2) is 0 Å². The fourth-order valence-corrected chi connectivity index (χ4v) is 2.30. The molecule has 1 heterocycles. The normalized spacial score (nSPS) is 12.3. The molecule has 0 amide bonds. The van der Waals surface area contributed by atoms with E-state index in [9.17, 15) is 13.2 Å². The van der Waals surface area contributed by atoms with Crippen molar-refractivity contribution in [3.63, 3.8) is 0 Å². The molecule has 0 saturated heterocycles. The molecule has 0 atom stereocenters. The highest BCUT2D eigenvalue weighted by Crippen LogP contribution is 2.33. The zero-order valence-electron chi connectivity index (χ0n) is 10.8. The van der Waals surface area contributed by atoms with Gasteiger partial charge in [0.05, 0.1) is 5.56 Å². The van der Waals surface area contributed by atoms with Crippen molar-refractivity contribution in [3.05, 3.63) is 35.5 Å². The first-order chi connectivity index (χ1) is 8.97. The number of nitrogens with two attached hydrogens (primary N) is 1. The number of hydrogen-bond acceptors (Lipinski definition) is 1. The van der Waals surface area contributed by atoms with Gasteiger partial charge in [0.15, 0.2) is 0 Å². The third kappa shape index (κ3) is 2.76. The second-order valence-corrected chi connectivity index (χ2v) is 4.56. The van der Waals surface area contributed by atoms with Gasteiger partial charge in [0.1, 0.15) is 0 Å². The number of halogens is 3. The molecule has 2 aromatic rings. The van der Waals surface area contributed by atoms with E-state index in [4.69, 9.17) is 5.73 Å². The second kappa shape index (κ2) is 5.25. The molecular weight excluding hydrogens is 253 g/mol. The Bertz CT molecular complexity index is 570. The summed E-state index contributed by atoms with van der Waals surface area (Å²) in [4.78, 5) is 0. The van der Waals surface area contributed by atoms with Gasteiger partial charge >= 0.3 is 6.18 Å². The summed E-state index contributed by atoms with van der Waals surface area (Å²) in [5.74, 6) is 0. The fraction of sp³-hybridized carbons (Fsp3) is 0.429. The maximum absolute atomic E-state index is 12.8. The number of hydrogen-bond donors (Lipinski definition) is 1. The lowest BCUT2D eigenvalue weighted by Crippen LogP contribution is -2.04. The molecule has 0 unspecified atom stereocenters. The van der Waals surface area contributed by atoms with Gasteiger partial charge in [-0.15, -0.1) is 0 Å². The Balaban J connectivity index is 2.54. The molecule has 19 heavy (non-hydrogen) atoms. The van der Waals surface area contributed by atoms with Crippen LogP contribution in [-0.2, 0) is 19.1 Å². The third-order valence-electron chi connectivity index (χ3n) is 3.28. The van der Waals surface area contributed by atoms with Crippen molar-refractivity contribution in [3.8, 4) is 0 Å². The first-order valence-electron chi connectivity index (χ1n) is 6.36. The van der Waals surface area contributed by atoms with E-state index in [2.05, 4.69) is 0 Å². The summed E-state index contributed by atoms with van der Waals surface area (Å²) in [6.07, 6.45) is -0.880. The summed E-state index contributed by atoms with van der Waals surface area (Å²) in [5, 5.41) is 0.685. The van der Waals surface area contributed by atoms with E-state index in [1.54, 1.807) is 6.07 Å². The number of nitrogens with zero attached hydrogens (tertiary/aromatic N) is 1.